The number of rotatable bonds is 3. The molecule has 0 amide bonds. The van der Waals surface area contributed by atoms with Crippen molar-refractivity contribution in [3.05, 3.63) is 35.0 Å². The number of aromatic amines is 1. The lowest BCUT2D eigenvalue weighted by atomic mass is 10.0. The van der Waals surface area contributed by atoms with Crippen LogP contribution in [0.25, 0.3) is 11.1 Å². The first-order valence-electron chi connectivity index (χ1n) is 5.47. The summed E-state index contributed by atoms with van der Waals surface area (Å²) in [6.07, 6.45) is 1.69. The van der Waals surface area contributed by atoms with E-state index in [0.717, 1.165) is 11.1 Å². The zero-order chi connectivity index (χ0) is 13.1. The van der Waals surface area contributed by atoms with Crippen molar-refractivity contribution in [3.8, 4) is 22.9 Å². The van der Waals surface area contributed by atoms with E-state index < -0.39 is 0 Å². The van der Waals surface area contributed by atoms with Crippen molar-refractivity contribution >= 4 is 17.4 Å². The highest BCUT2D eigenvalue weighted by atomic mass is 35.5. The number of H-pyrrole nitrogens is 1. The van der Waals surface area contributed by atoms with Gasteiger partial charge >= 0.3 is 0 Å². The van der Waals surface area contributed by atoms with Gasteiger partial charge in [0.05, 0.1) is 11.6 Å². The van der Waals surface area contributed by atoms with Crippen molar-refractivity contribution in [1.29, 1.82) is 5.26 Å². The van der Waals surface area contributed by atoms with Gasteiger partial charge in [-0.05, 0) is 24.6 Å². The molecule has 1 heterocycles. The third kappa shape index (κ3) is 2.13. The standard InChI is InChI=1S/C13H12ClN3O/c1-2-18-12-4-3-8(5-11(12)14)10-7-17-13(16)9(10)6-15/h3-5,7,17H,2,16H2,1H3. The first kappa shape index (κ1) is 12.3. The molecule has 1 aromatic carbocycles. The number of aromatic nitrogens is 1. The van der Waals surface area contributed by atoms with Crippen LogP contribution in [0.3, 0.4) is 0 Å². The number of hydrogen-bond acceptors (Lipinski definition) is 3. The predicted molar refractivity (Wildman–Crippen MR) is 71.5 cm³/mol. The molecule has 3 N–H and O–H groups in total. The molecule has 2 rings (SSSR count). The molecule has 0 radical (unpaired) electrons. The lowest BCUT2D eigenvalue weighted by Gasteiger charge is -2.07. The zero-order valence-electron chi connectivity index (χ0n) is 9.83. The monoisotopic (exact) mass is 261 g/mol. The lowest BCUT2D eigenvalue weighted by molar-refractivity contribution is 0.340. The van der Waals surface area contributed by atoms with Gasteiger partial charge in [-0.25, -0.2) is 0 Å². The number of nitriles is 1. The minimum Gasteiger partial charge on any atom is -0.492 e. The van der Waals surface area contributed by atoms with Gasteiger partial charge in [0, 0.05) is 11.8 Å². The van der Waals surface area contributed by atoms with E-state index in [1.54, 1.807) is 18.3 Å². The quantitative estimate of drug-likeness (QED) is 0.891. The minimum atomic E-state index is 0.359. The summed E-state index contributed by atoms with van der Waals surface area (Å²) in [5.41, 5.74) is 7.66. The Morgan fingerprint density at radius 1 is 1.50 bits per heavy atom. The second kappa shape index (κ2) is 5.03. The number of nitrogen functional groups attached to an aromatic ring is 1. The van der Waals surface area contributed by atoms with Gasteiger partial charge in [0.15, 0.2) is 0 Å². The van der Waals surface area contributed by atoms with E-state index in [0.29, 0.717) is 28.8 Å². The molecule has 18 heavy (non-hydrogen) atoms. The van der Waals surface area contributed by atoms with Crippen LogP contribution in [0.2, 0.25) is 5.02 Å². The molecule has 92 valence electrons. The largest absolute Gasteiger partial charge is 0.492 e. The van der Waals surface area contributed by atoms with E-state index in [2.05, 4.69) is 11.1 Å². The number of nitrogens with one attached hydrogen (secondary N) is 1. The Labute approximate surface area is 110 Å². The third-order valence-corrected chi connectivity index (χ3v) is 2.86. The molecule has 1 aromatic heterocycles. The van der Waals surface area contributed by atoms with Crippen LogP contribution in [-0.2, 0) is 0 Å². The number of nitrogens with two attached hydrogens (primary N) is 1. The molecule has 0 spiro atoms. The molecule has 0 bridgehead atoms. The SMILES string of the molecule is CCOc1ccc(-c2c[nH]c(N)c2C#N)cc1Cl. The Kier molecular flexibility index (Phi) is 3.45. The number of benzene rings is 1. The summed E-state index contributed by atoms with van der Waals surface area (Å²) in [6, 6.07) is 7.46. The minimum absolute atomic E-state index is 0.359. The predicted octanol–water partition coefficient (Wildman–Crippen LogP) is 3.19. The Bertz CT molecular complexity index is 613. The van der Waals surface area contributed by atoms with E-state index in [1.807, 2.05) is 13.0 Å². The van der Waals surface area contributed by atoms with Crippen molar-refractivity contribution in [1.82, 2.24) is 4.98 Å². The third-order valence-electron chi connectivity index (χ3n) is 2.57. The lowest BCUT2D eigenvalue weighted by Crippen LogP contribution is -1.92. The fourth-order valence-corrected chi connectivity index (χ4v) is 1.96. The van der Waals surface area contributed by atoms with Crippen LogP contribution < -0.4 is 10.5 Å². The summed E-state index contributed by atoms with van der Waals surface area (Å²) in [4.78, 5) is 2.83. The van der Waals surface area contributed by atoms with Crippen LogP contribution in [0.1, 0.15) is 12.5 Å². The van der Waals surface area contributed by atoms with Crippen LogP contribution in [0.15, 0.2) is 24.4 Å². The first-order chi connectivity index (χ1) is 8.67. The molecule has 0 aliphatic carbocycles. The maximum Gasteiger partial charge on any atom is 0.137 e. The highest BCUT2D eigenvalue weighted by Crippen LogP contribution is 2.33. The maximum absolute atomic E-state index is 9.05. The van der Waals surface area contributed by atoms with E-state index in [4.69, 9.17) is 27.3 Å². The smallest absolute Gasteiger partial charge is 0.137 e. The summed E-state index contributed by atoms with van der Waals surface area (Å²) >= 11 is 6.11. The van der Waals surface area contributed by atoms with Gasteiger partial charge < -0.3 is 15.5 Å². The molecular formula is C13H12ClN3O. The molecule has 0 fully saturated rings. The number of anilines is 1. The molecule has 4 nitrogen and oxygen atoms in total. The molecule has 0 saturated carbocycles. The fourth-order valence-electron chi connectivity index (χ4n) is 1.73. The maximum atomic E-state index is 9.05. The van der Waals surface area contributed by atoms with Crippen molar-refractivity contribution in [2.45, 2.75) is 6.92 Å². The fraction of sp³-hybridized carbons (Fsp3) is 0.154. The average Bonchev–Trinajstić information content (AvgIpc) is 2.73. The molecule has 0 aliphatic rings. The van der Waals surface area contributed by atoms with Gasteiger partial charge in [0.1, 0.15) is 23.2 Å². The van der Waals surface area contributed by atoms with Crippen LogP contribution in [0.4, 0.5) is 5.82 Å². The van der Waals surface area contributed by atoms with Crippen LogP contribution in [0.5, 0.6) is 5.75 Å². The summed E-state index contributed by atoms with van der Waals surface area (Å²) in [6.45, 7) is 2.45. The van der Waals surface area contributed by atoms with Crippen molar-refractivity contribution in [2.24, 2.45) is 0 Å². The second-order valence-corrected chi connectivity index (χ2v) is 4.09. The Balaban J connectivity index is 2.46. The molecule has 0 atom stereocenters. The first-order valence-corrected chi connectivity index (χ1v) is 5.84. The molecular weight excluding hydrogens is 250 g/mol. The van der Waals surface area contributed by atoms with E-state index in [-0.39, 0.29) is 0 Å². The van der Waals surface area contributed by atoms with Gasteiger partial charge in [0.2, 0.25) is 0 Å². The van der Waals surface area contributed by atoms with Crippen molar-refractivity contribution in [2.75, 3.05) is 12.3 Å². The topological polar surface area (TPSA) is 74.8 Å². The molecule has 0 unspecified atom stereocenters. The highest BCUT2D eigenvalue weighted by Gasteiger charge is 2.12. The van der Waals surface area contributed by atoms with E-state index in [9.17, 15) is 0 Å². The molecule has 0 saturated heterocycles. The molecule has 5 heteroatoms. The van der Waals surface area contributed by atoms with Crippen molar-refractivity contribution < 1.29 is 4.74 Å². The van der Waals surface area contributed by atoms with Crippen molar-refractivity contribution in [3.63, 3.8) is 0 Å². The van der Waals surface area contributed by atoms with Gasteiger partial charge in [-0.3, -0.25) is 0 Å². The van der Waals surface area contributed by atoms with Crippen LogP contribution >= 0.6 is 11.6 Å². The zero-order valence-corrected chi connectivity index (χ0v) is 10.6. The highest BCUT2D eigenvalue weighted by molar-refractivity contribution is 6.32. The van der Waals surface area contributed by atoms with Crippen LogP contribution in [0, 0.1) is 11.3 Å². The average molecular weight is 262 g/mol. The summed E-state index contributed by atoms with van der Waals surface area (Å²) in [5, 5.41) is 9.56. The molecule has 2 aromatic rings. The van der Waals surface area contributed by atoms with Gasteiger partial charge in [-0.1, -0.05) is 17.7 Å². The van der Waals surface area contributed by atoms with Gasteiger partial charge in [0.25, 0.3) is 0 Å². The summed E-state index contributed by atoms with van der Waals surface area (Å²) < 4.78 is 5.36. The summed E-state index contributed by atoms with van der Waals surface area (Å²) in [7, 11) is 0. The Morgan fingerprint density at radius 2 is 2.28 bits per heavy atom. The number of hydrogen-bond donors (Lipinski definition) is 2. The van der Waals surface area contributed by atoms with Gasteiger partial charge in [-0.15, -0.1) is 0 Å². The Hall–Kier alpha value is -2.12. The number of halogens is 1. The second-order valence-electron chi connectivity index (χ2n) is 3.68. The molecule has 0 aliphatic heterocycles. The summed E-state index contributed by atoms with van der Waals surface area (Å²) in [5.74, 6) is 0.988. The van der Waals surface area contributed by atoms with E-state index >= 15 is 0 Å². The Morgan fingerprint density at radius 3 is 2.89 bits per heavy atom. The van der Waals surface area contributed by atoms with Gasteiger partial charge in [-0.2, -0.15) is 5.26 Å². The normalized spacial score (nSPS) is 10.1. The van der Waals surface area contributed by atoms with E-state index in [1.165, 1.54) is 0 Å². The number of ether oxygens (including phenoxy) is 1. The van der Waals surface area contributed by atoms with Crippen LogP contribution in [-0.4, -0.2) is 11.6 Å². The number of nitrogens with zero attached hydrogens (tertiary/aromatic N) is 1.